The van der Waals surface area contributed by atoms with E-state index in [9.17, 15) is 9.59 Å². The molecule has 0 aliphatic carbocycles. The minimum atomic E-state index is -0.456. The average molecular weight is 258 g/mol. The Kier molecular flexibility index (Phi) is 5.76. The molecule has 2 atom stereocenters. The van der Waals surface area contributed by atoms with Crippen LogP contribution in [-0.2, 0) is 4.74 Å². The van der Waals surface area contributed by atoms with Crippen molar-refractivity contribution in [3.05, 3.63) is 33.1 Å². The number of aromatic nitrogens is 2. The Morgan fingerprint density at radius 1 is 1.44 bits per heavy atom. The molecule has 18 heavy (non-hydrogen) atoms. The molecule has 0 spiro atoms. The van der Waals surface area contributed by atoms with Gasteiger partial charge in [-0.3, -0.25) is 14.3 Å². The quantitative estimate of drug-likeness (QED) is 0.658. The zero-order valence-corrected chi connectivity index (χ0v) is 10.2. The standard InChI is InChI=1S/C10H14N2O4.CH4O/c13-6-4-7-1-2-9(16-7)12-5-3-8(14)11-10(12)15;1-2/h3,5,7,9,13H,1-2,4,6H2,(H,11,14,15);2H,1H3. The molecule has 0 radical (unpaired) electrons. The predicted molar refractivity (Wildman–Crippen MR) is 64.3 cm³/mol. The second-order valence-corrected chi connectivity index (χ2v) is 3.82. The van der Waals surface area contributed by atoms with E-state index in [1.807, 2.05) is 0 Å². The fourth-order valence-corrected chi connectivity index (χ4v) is 1.90. The van der Waals surface area contributed by atoms with Crippen molar-refractivity contribution in [2.75, 3.05) is 13.7 Å². The van der Waals surface area contributed by atoms with Gasteiger partial charge in [-0.2, -0.15) is 0 Å². The van der Waals surface area contributed by atoms with Crippen molar-refractivity contribution in [1.82, 2.24) is 9.55 Å². The van der Waals surface area contributed by atoms with Crippen LogP contribution < -0.4 is 11.2 Å². The van der Waals surface area contributed by atoms with Gasteiger partial charge in [0.1, 0.15) is 6.23 Å². The smallest absolute Gasteiger partial charge is 0.330 e. The molecule has 1 aromatic rings. The van der Waals surface area contributed by atoms with E-state index in [1.54, 1.807) is 0 Å². The third-order valence-corrected chi connectivity index (χ3v) is 2.70. The topological polar surface area (TPSA) is 105 Å². The third-order valence-electron chi connectivity index (χ3n) is 2.70. The van der Waals surface area contributed by atoms with Gasteiger partial charge >= 0.3 is 5.69 Å². The maximum absolute atomic E-state index is 11.5. The number of hydrogen-bond donors (Lipinski definition) is 3. The lowest BCUT2D eigenvalue weighted by atomic mass is 10.2. The number of aromatic amines is 1. The molecule has 0 bridgehead atoms. The van der Waals surface area contributed by atoms with Crippen LogP contribution >= 0.6 is 0 Å². The van der Waals surface area contributed by atoms with E-state index in [1.165, 1.54) is 16.8 Å². The number of hydrogen-bond acceptors (Lipinski definition) is 5. The van der Waals surface area contributed by atoms with Gasteiger partial charge in [-0.15, -0.1) is 0 Å². The van der Waals surface area contributed by atoms with Crippen molar-refractivity contribution < 1.29 is 14.9 Å². The van der Waals surface area contributed by atoms with Crippen LogP contribution in [0.25, 0.3) is 0 Å². The van der Waals surface area contributed by atoms with Crippen LogP contribution in [0.2, 0.25) is 0 Å². The molecule has 0 aromatic carbocycles. The fraction of sp³-hybridized carbons (Fsp3) is 0.636. The summed E-state index contributed by atoms with van der Waals surface area (Å²) >= 11 is 0. The zero-order valence-electron chi connectivity index (χ0n) is 10.2. The van der Waals surface area contributed by atoms with E-state index in [-0.39, 0.29) is 18.9 Å². The van der Waals surface area contributed by atoms with Gasteiger partial charge in [0.15, 0.2) is 0 Å². The second-order valence-electron chi connectivity index (χ2n) is 3.82. The van der Waals surface area contributed by atoms with E-state index >= 15 is 0 Å². The molecule has 3 N–H and O–H groups in total. The molecular weight excluding hydrogens is 240 g/mol. The SMILES string of the molecule is CO.O=c1ccn(C2CCC(CCO)O2)c(=O)[nH]1. The molecule has 2 heterocycles. The summed E-state index contributed by atoms with van der Waals surface area (Å²) in [6.07, 6.45) is 3.21. The Morgan fingerprint density at radius 3 is 2.78 bits per heavy atom. The second kappa shape index (κ2) is 7.10. The van der Waals surface area contributed by atoms with Crippen molar-refractivity contribution in [2.45, 2.75) is 31.6 Å². The zero-order chi connectivity index (χ0) is 13.5. The van der Waals surface area contributed by atoms with Crippen LogP contribution in [0.15, 0.2) is 21.9 Å². The summed E-state index contributed by atoms with van der Waals surface area (Å²) in [5.41, 5.74) is -0.867. The molecule has 2 rings (SSSR count). The third kappa shape index (κ3) is 3.52. The van der Waals surface area contributed by atoms with E-state index in [0.717, 1.165) is 20.0 Å². The number of aliphatic hydroxyl groups is 2. The maximum Gasteiger partial charge on any atom is 0.330 e. The summed E-state index contributed by atoms with van der Waals surface area (Å²) < 4.78 is 6.96. The van der Waals surface area contributed by atoms with E-state index < -0.39 is 11.2 Å². The lowest BCUT2D eigenvalue weighted by Gasteiger charge is -2.14. The minimum Gasteiger partial charge on any atom is -0.400 e. The molecule has 1 saturated heterocycles. The van der Waals surface area contributed by atoms with E-state index in [4.69, 9.17) is 14.9 Å². The minimum absolute atomic E-state index is 0.00571. The molecule has 7 heteroatoms. The van der Waals surface area contributed by atoms with Crippen molar-refractivity contribution in [3.63, 3.8) is 0 Å². The van der Waals surface area contributed by atoms with Crippen LogP contribution in [0, 0.1) is 0 Å². The van der Waals surface area contributed by atoms with Gasteiger partial charge in [-0.05, 0) is 19.3 Å². The summed E-state index contributed by atoms with van der Waals surface area (Å²) in [5.74, 6) is 0. The first-order valence-electron chi connectivity index (χ1n) is 5.73. The number of rotatable bonds is 3. The van der Waals surface area contributed by atoms with Crippen LogP contribution in [0.4, 0.5) is 0 Å². The Labute approximate surface area is 104 Å². The summed E-state index contributed by atoms with van der Waals surface area (Å²) in [6, 6.07) is 1.30. The number of H-pyrrole nitrogens is 1. The summed E-state index contributed by atoms with van der Waals surface area (Å²) in [4.78, 5) is 24.5. The maximum atomic E-state index is 11.5. The number of nitrogens with zero attached hydrogens (tertiary/aromatic N) is 1. The molecule has 2 unspecified atom stereocenters. The molecule has 102 valence electrons. The predicted octanol–water partition coefficient (Wildman–Crippen LogP) is -0.795. The van der Waals surface area contributed by atoms with E-state index in [2.05, 4.69) is 4.98 Å². The molecule has 1 aliphatic heterocycles. The highest BCUT2D eigenvalue weighted by atomic mass is 16.5. The monoisotopic (exact) mass is 258 g/mol. The van der Waals surface area contributed by atoms with Gasteiger partial charge in [-0.1, -0.05) is 0 Å². The average Bonchev–Trinajstić information content (AvgIpc) is 2.80. The highest BCUT2D eigenvalue weighted by molar-refractivity contribution is 4.85. The van der Waals surface area contributed by atoms with Gasteiger partial charge < -0.3 is 14.9 Å². The van der Waals surface area contributed by atoms with Crippen molar-refractivity contribution in [1.29, 1.82) is 0 Å². The number of nitrogens with one attached hydrogen (secondary N) is 1. The van der Waals surface area contributed by atoms with Crippen LogP contribution in [0.3, 0.4) is 0 Å². The van der Waals surface area contributed by atoms with Crippen LogP contribution in [0.5, 0.6) is 0 Å². The van der Waals surface area contributed by atoms with Gasteiger partial charge in [0.05, 0.1) is 6.10 Å². The van der Waals surface area contributed by atoms with Gasteiger partial charge in [-0.25, -0.2) is 4.79 Å². The lowest BCUT2D eigenvalue weighted by molar-refractivity contribution is -0.0102. The molecular formula is C11H18N2O5. The summed E-state index contributed by atoms with van der Waals surface area (Å²) in [5, 5.41) is 15.8. The van der Waals surface area contributed by atoms with Gasteiger partial charge in [0.2, 0.25) is 0 Å². The Bertz CT molecular complexity index is 467. The first-order valence-corrected chi connectivity index (χ1v) is 5.73. The molecule has 1 fully saturated rings. The Balaban J connectivity index is 0.000000771. The fourth-order valence-electron chi connectivity index (χ4n) is 1.90. The Hall–Kier alpha value is -1.44. The molecule has 0 amide bonds. The normalized spacial score (nSPS) is 22.4. The number of ether oxygens (including phenoxy) is 1. The van der Waals surface area contributed by atoms with Crippen LogP contribution in [-0.4, -0.2) is 39.6 Å². The number of aliphatic hydroxyl groups excluding tert-OH is 2. The van der Waals surface area contributed by atoms with E-state index in [0.29, 0.717) is 6.42 Å². The molecule has 0 saturated carbocycles. The lowest BCUT2D eigenvalue weighted by Crippen LogP contribution is -2.31. The summed E-state index contributed by atoms with van der Waals surface area (Å²) in [7, 11) is 1.00. The molecule has 1 aromatic heterocycles. The highest BCUT2D eigenvalue weighted by Gasteiger charge is 2.26. The van der Waals surface area contributed by atoms with Gasteiger partial charge in [0.25, 0.3) is 5.56 Å². The van der Waals surface area contributed by atoms with Gasteiger partial charge in [0, 0.05) is 26.0 Å². The highest BCUT2D eigenvalue weighted by Crippen LogP contribution is 2.28. The Morgan fingerprint density at radius 2 is 2.17 bits per heavy atom. The molecule has 7 nitrogen and oxygen atoms in total. The largest absolute Gasteiger partial charge is 0.400 e. The van der Waals surface area contributed by atoms with Crippen molar-refractivity contribution in [2.24, 2.45) is 0 Å². The van der Waals surface area contributed by atoms with Crippen molar-refractivity contribution in [3.8, 4) is 0 Å². The van der Waals surface area contributed by atoms with Crippen LogP contribution in [0.1, 0.15) is 25.5 Å². The van der Waals surface area contributed by atoms with Crippen molar-refractivity contribution >= 4 is 0 Å². The first-order chi connectivity index (χ1) is 8.70. The molecule has 1 aliphatic rings. The summed E-state index contributed by atoms with van der Waals surface area (Å²) in [6.45, 7) is 0.0813. The first kappa shape index (κ1) is 14.6.